The minimum absolute atomic E-state index is 0.0605. The summed E-state index contributed by atoms with van der Waals surface area (Å²) in [6, 6.07) is 17.3. The summed E-state index contributed by atoms with van der Waals surface area (Å²) in [4.78, 5) is 17.1. The number of benzene rings is 3. The summed E-state index contributed by atoms with van der Waals surface area (Å²) in [5.74, 6) is -0.0582. The van der Waals surface area contributed by atoms with Crippen molar-refractivity contribution < 1.29 is 23.0 Å². The molecule has 0 spiro atoms. The van der Waals surface area contributed by atoms with Gasteiger partial charge in [0.25, 0.3) is 5.91 Å². The Bertz CT molecular complexity index is 1210. The summed E-state index contributed by atoms with van der Waals surface area (Å²) in [5.41, 5.74) is 1.70. The fourth-order valence-electron chi connectivity index (χ4n) is 2.93. The van der Waals surface area contributed by atoms with Crippen molar-refractivity contribution in [2.24, 2.45) is 4.99 Å². The lowest BCUT2D eigenvalue weighted by molar-refractivity contribution is -0.115. The van der Waals surface area contributed by atoms with Crippen molar-refractivity contribution in [2.75, 3.05) is 7.11 Å². The summed E-state index contributed by atoms with van der Waals surface area (Å²) in [6.07, 6.45) is 1.70. The molecule has 0 radical (unpaired) electrons. The Morgan fingerprint density at radius 2 is 1.81 bits per heavy atom. The van der Waals surface area contributed by atoms with Gasteiger partial charge in [-0.2, -0.15) is 0 Å². The highest BCUT2D eigenvalue weighted by Crippen LogP contribution is 2.32. The van der Waals surface area contributed by atoms with E-state index < -0.39 is 0 Å². The predicted molar refractivity (Wildman–Crippen MR) is 121 cm³/mol. The maximum absolute atomic E-state index is 13.8. The number of ether oxygens (including phenoxy) is 2. The van der Waals surface area contributed by atoms with Crippen molar-refractivity contribution in [3.05, 3.63) is 94.4 Å². The highest BCUT2D eigenvalue weighted by Gasteiger charge is 2.24. The van der Waals surface area contributed by atoms with Gasteiger partial charge in [0.2, 0.25) is 0 Å². The van der Waals surface area contributed by atoms with Crippen molar-refractivity contribution >= 4 is 34.6 Å². The van der Waals surface area contributed by atoms with Crippen LogP contribution in [0.2, 0.25) is 0 Å². The molecule has 0 saturated carbocycles. The van der Waals surface area contributed by atoms with Gasteiger partial charge in [0.1, 0.15) is 18.2 Å². The van der Waals surface area contributed by atoms with Gasteiger partial charge in [-0.1, -0.05) is 24.3 Å². The second kappa shape index (κ2) is 9.65. The lowest BCUT2D eigenvalue weighted by Crippen LogP contribution is -2.19. The smallest absolute Gasteiger partial charge is 0.264 e. The molecule has 0 unspecified atom stereocenters. The minimum Gasteiger partial charge on any atom is -0.493 e. The maximum atomic E-state index is 13.8. The van der Waals surface area contributed by atoms with Crippen LogP contribution in [0.15, 0.2) is 76.6 Å². The predicted octanol–water partition coefficient (Wildman–Crippen LogP) is 5.44. The van der Waals surface area contributed by atoms with Crippen LogP contribution < -0.4 is 14.8 Å². The molecule has 0 atom stereocenters. The molecule has 1 fully saturated rings. The molecule has 1 aliphatic heterocycles. The van der Waals surface area contributed by atoms with Crippen LogP contribution >= 0.6 is 11.8 Å². The normalized spacial score (nSPS) is 15.8. The molecule has 5 nitrogen and oxygen atoms in total. The Morgan fingerprint density at radius 1 is 1.03 bits per heavy atom. The SMILES string of the molecule is COc1cc(/C=C2/SC(=Nc3ccc(F)cc3)NC2=O)ccc1OCc1ccccc1F. The monoisotopic (exact) mass is 452 g/mol. The number of amidine groups is 1. The van der Waals surface area contributed by atoms with Crippen LogP contribution in [0.5, 0.6) is 11.5 Å². The van der Waals surface area contributed by atoms with E-state index in [0.717, 1.165) is 5.56 Å². The van der Waals surface area contributed by atoms with E-state index in [0.29, 0.717) is 32.8 Å². The van der Waals surface area contributed by atoms with E-state index in [4.69, 9.17) is 9.47 Å². The van der Waals surface area contributed by atoms with E-state index >= 15 is 0 Å². The fraction of sp³-hybridized carbons (Fsp3) is 0.0833. The third-order valence-electron chi connectivity index (χ3n) is 4.53. The number of thioether (sulfide) groups is 1. The molecule has 8 heteroatoms. The molecular formula is C24H18F2N2O3S. The van der Waals surface area contributed by atoms with Crippen molar-refractivity contribution in [3.63, 3.8) is 0 Å². The Morgan fingerprint density at radius 3 is 2.56 bits per heavy atom. The van der Waals surface area contributed by atoms with Gasteiger partial charge in [-0.05, 0) is 65.9 Å². The summed E-state index contributed by atoms with van der Waals surface area (Å²) in [5, 5.41) is 3.10. The average Bonchev–Trinajstić information content (AvgIpc) is 3.13. The van der Waals surface area contributed by atoms with Crippen LogP contribution in [0.1, 0.15) is 11.1 Å². The standard InChI is InChI=1S/C24H18F2N2O3S/c1-30-21-12-15(6-11-20(21)31-14-16-4-2-3-5-19(16)26)13-22-23(29)28-24(32-22)27-18-9-7-17(25)8-10-18/h2-13H,14H2,1H3,(H,27,28,29)/b22-13+. The van der Waals surface area contributed by atoms with E-state index in [9.17, 15) is 13.6 Å². The zero-order valence-electron chi connectivity index (χ0n) is 17.0. The molecule has 1 heterocycles. The van der Waals surface area contributed by atoms with Gasteiger partial charge < -0.3 is 14.8 Å². The highest BCUT2D eigenvalue weighted by molar-refractivity contribution is 8.18. The molecule has 3 aromatic rings. The number of aliphatic imine (C=N–C) groups is 1. The number of carbonyl (C=O) groups excluding carboxylic acids is 1. The average molecular weight is 452 g/mol. The van der Waals surface area contributed by atoms with Crippen molar-refractivity contribution in [2.45, 2.75) is 6.61 Å². The van der Waals surface area contributed by atoms with Crippen LogP contribution in [-0.4, -0.2) is 18.2 Å². The molecule has 1 aliphatic rings. The summed E-state index contributed by atoms with van der Waals surface area (Å²) < 4.78 is 38.0. The summed E-state index contributed by atoms with van der Waals surface area (Å²) >= 11 is 1.18. The van der Waals surface area contributed by atoms with Crippen LogP contribution in [-0.2, 0) is 11.4 Å². The highest BCUT2D eigenvalue weighted by atomic mass is 32.2. The number of hydrogen-bond acceptors (Lipinski definition) is 5. The number of halogens is 2. The van der Waals surface area contributed by atoms with E-state index in [2.05, 4.69) is 10.3 Å². The van der Waals surface area contributed by atoms with E-state index in [1.165, 1.54) is 49.2 Å². The van der Waals surface area contributed by atoms with E-state index in [1.807, 2.05) is 0 Å². The van der Waals surface area contributed by atoms with Crippen molar-refractivity contribution in [1.29, 1.82) is 0 Å². The fourth-order valence-corrected chi connectivity index (χ4v) is 3.77. The van der Waals surface area contributed by atoms with Gasteiger partial charge in [-0.3, -0.25) is 4.79 Å². The Balaban J connectivity index is 1.49. The molecule has 162 valence electrons. The summed E-state index contributed by atoms with van der Waals surface area (Å²) in [6.45, 7) is 0.0605. The second-order valence-corrected chi connectivity index (χ2v) is 7.78. The topological polar surface area (TPSA) is 59.9 Å². The van der Waals surface area contributed by atoms with Gasteiger partial charge in [0.15, 0.2) is 16.7 Å². The van der Waals surface area contributed by atoms with Gasteiger partial charge in [-0.25, -0.2) is 13.8 Å². The zero-order chi connectivity index (χ0) is 22.5. The van der Waals surface area contributed by atoms with Crippen molar-refractivity contribution in [3.8, 4) is 11.5 Å². The number of nitrogens with one attached hydrogen (secondary N) is 1. The van der Waals surface area contributed by atoms with E-state index in [-0.39, 0.29) is 24.1 Å². The van der Waals surface area contributed by atoms with Crippen LogP contribution in [0.25, 0.3) is 6.08 Å². The van der Waals surface area contributed by atoms with Gasteiger partial charge in [0, 0.05) is 5.56 Å². The van der Waals surface area contributed by atoms with Gasteiger partial charge in [-0.15, -0.1) is 0 Å². The number of hydrogen-bond donors (Lipinski definition) is 1. The van der Waals surface area contributed by atoms with Crippen LogP contribution in [0.4, 0.5) is 14.5 Å². The number of rotatable bonds is 6. The number of carbonyl (C=O) groups is 1. The van der Waals surface area contributed by atoms with Gasteiger partial charge in [0.05, 0.1) is 17.7 Å². The molecule has 4 rings (SSSR count). The molecule has 0 aliphatic carbocycles. The molecular weight excluding hydrogens is 434 g/mol. The lowest BCUT2D eigenvalue weighted by atomic mass is 10.2. The largest absolute Gasteiger partial charge is 0.493 e. The molecule has 3 aromatic carbocycles. The van der Waals surface area contributed by atoms with Crippen molar-refractivity contribution in [1.82, 2.24) is 5.32 Å². The quantitative estimate of drug-likeness (QED) is 0.506. The second-order valence-electron chi connectivity index (χ2n) is 6.75. The number of nitrogens with zero attached hydrogens (tertiary/aromatic N) is 1. The molecule has 32 heavy (non-hydrogen) atoms. The maximum Gasteiger partial charge on any atom is 0.264 e. The molecule has 0 aromatic heterocycles. The van der Waals surface area contributed by atoms with E-state index in [1.54, 1.807) is 42.5 Å². The summed E-state index contributed by atoms with van der Waals surface area (Å²) in [7, 11) is 1.51. The first-order chi connectivity index (χ1) is 15.5. The van der Waals surface area contributed by atoms with Crippen LogP contribution in [0, 0.1) is 11.6 Å². The third-order valence-corrected chi connectivity index (χ3v) is 5.44. The number of amides is 1. The first-order valence-corrected chi connectivity index (χ1v) is 10.4. The first kappa shape index (κ1) is 21.6. The number of methoxy groups -OCH3 is 1. The first-order valence-electron chi connectivity index (χ1n) is 9.61. The zero-order valence-corrected chi connectivity index (χ0v) is 17.8. The Labute approximate surface area is 187 Å². The molecule has 1 amide bonds. The third kappa shape index (κ3) is 5.15. The Kier molecular flexibility index (Phi) is 6.51. The Hall–Kier alpha value is -3.65. The van der Waals surface area contributed by atoms with Gasteiger partial charge >= 0.3 is 0 Å². The molecule has 1 saturated heterocycles. The minimum atomic E-state index is -0.354. The van der Waals surface area contributed by atoms with Crippen LogP contribution in [0.3, 0.4) is 0 Å². The lowest BCUT2D eigenvalue weighted by Gasteiger charge is -2.12. The molecule has 0 bridgehead atoms. The molecule has 1 N–H and O–H groups in total.